The topological polar surface area (TPSA) is 46.2 Å². The molecular formula is C19H20FNO2S. The molecule has 2 aromatic carbocycles. The minimum atomic E-state index is -0.474. The van der Waals surface area contributed by atoms with Gasteiger partial charge in [0, 0.05) is 17.0 Å². The predicted octanol–water partition coefficient (Wildman–Crippen LogP) is 4.04. The summed E-state index contributed by atoms with van der Waals surface area (Å²) in [5.41, 5.74) is 1.49. The number of nitrogens with one attached hydrogen (secondary N) is 1. The van der Waals surface area contributed by atoms with Crippen LogP contribution in [0.1, 0.15) is 35.7 Å². The highest BCUT2D eigenvalue weighted by atomic mass is 32.2. The summed E-state index contributed by atoms with van der Waals surface area (Å²) in [5.74, 6) is -0.446. The Kier molecular flexibility index (Phi) is 6.55. The fourth-order valence-corrected chi connectivity index (χ4v) is 2.95. The lowest BCUT2D eigenvalue weighted by Crippen LogP contribution is -2.29. The molecule has 2 aromatic rings. The molecule has 0 aliphatic rings. The zero-order valence-corrected chi connectivity index (χ0v) is 14.5. The Hall–Kier alpha value is -2.14. The van der Waals surface area contributed by atoms with Crippen molar-refractivity contribution in [2.24, 2.45) is 0 Å². The van der Waals surface area contributed by atoms with E-state index in [0.717, 1.165) is 17.3 Å². The quantitative estimate of drug-likeness (QED) is 0.608. The van der Waals surface area contributed by atoms with Gasteiger partial charge in [0.05, 0.1) is 5.75 Å². The van der Waals surface area contributed by atoms with E-state index in [1.807, 2.05) is 37.3 Å². The fourth-order valence-electron chi connectivity index (χ4n) is 2.20. The van der Waals surface area contributed by atoms with Crippen molar-refractivity contribution < 1.29 is 14.0 Å². The molecule has 0 fully saturated rings. The molecule has 24 heavy (non-hydrogen) atoms. The number of carbonyl (C=O) groups excluding carboxylic acids is 2. The Bertz CT molecular complexity index is 719. The van der Waals surface area contributed by atoms with Crippen LogP contribution in [0.25, 0.3) is 0 Å². The summed E-state index contributed by atoms with van der Waals surface area (Å²) in [5, 5.41) is 2.86. The molecule has 0 radical (unpaired) electrons. The number of carbonyl (C=O) groups is 2. The van der Waals surface area contributed by atoms with Gasteiger partial charge in [-0.15, -0.1) is 11.8 Å². The Morgan fingerprint density at radius 3 is 2.50 bits per heavy atom. The lowest BCUT2D eigenvalue weighted by molar-refractivity contribution is -0.118. The molecule has 1 atom stereocenters. The van der Waals surface area contributed by atoms with E-state index in [2.05, 4.69) is 5.32 Å². The molecule has 1 amide bonds. The van der Waals surface area contributed by atoms with Crippen LogP contribution < -0.4 is 5.32 Å². The summed E-state index contributed by atoms with van der Waals surface area (Å²) < 4.78 is 13.9. The Morgan fingerprint density at radius 1 is 1.17 bits per heavy atom. The molecule has 0 saturated heterocycles. The fraction of sp³-hybridized carbons (Fsp3) is 0.263. The molecule has 0 aliphatic heterocycles. The van der Waals surface area contributed by atoms with Gasteiger partial charge in [0.2, 0.25) is 5.91 Å². The summed E-state index contributed by atoms with van der Waals surface area (Å²) in [6.07, 6.45) is 0. The predicted molar refractivity (Wildman–Crippen MR) is 95.0 cm³/mol. The maximum atomic E-state index is 13.9. The van der Waals surface area contributed by atoms with Crippen molar-refractivity contribution >= 4 is 23.5 Å². The molecule has 126 valence electrons. The number of ketones is 1. The first-order valence-electron chi connectivity index (χ1n) is 7.72. The summed E-state index contributed by atoms with van der Waals surface area (Å²) >= 11 is 1.12. The van der Waals surface area contributed by atoms with Crippen molar-refractivity contribution in [1.82, 2.24) is 5.32 Å². The lowest BCUT2D eigenvalue weighted by Gasteiger charge is -2.13. The van der Waals surface area contributed by atoms with E-state index in [0.29, 0.717) is 17.0 Å². The minimum absolute atomic E-state index is 0.137. The number of halogens is 1. The highest BCUT2D eigenvalue weighted by molar-refractivity contribution is 8.00. The van der Waals surface area contributed by atoms with Gasteiger partial charge in [-0.2, -0.15) is 0 Å². The molecular weight excluding hydrogens is 325 g/mol. The molecule has 5 heteroatoms. The molecule has 0 spiro atoms. The van der Waals surface area contributed by atoms with Crippen LogP contribution in [0.2, 0.25) is 0 Å². The highest BCUT2D eigenvalue weighted by Gasteiger charge is 2.11. The van der Waals surface area contributed by atoms with E-state index in [9.17, 15) is 14.0 Å². The van der Waals surface area contributed by atoms with Crippen LogP contribution in [0, 0.1) is 5.82 Å². The zero-order chi connectivity index (χ0) is 17.5. The second kappa shape index (κ2) is 8.64. The summed E-state index contributed by atoms with van der Waals surface area (Å²) in [6, 6.07) is 14.3. The van der Waals surface area contributed by atoms with Gasteiger partial charge in [0.25, 0.3) is 0 Å². The average Bonchev–Trinajstić information content (AvgIpc) is 2.59. The first-order chi connectivity index (χ1) is 11.5. The number of hydrogen-bond acceptors (Lipinski definition) is 3. The van der Waals surface area contributed by atoms with E-state index in [1.54, 1.807) is 6.07 Å². The molecule has 1 unspecified atom stereocenters. The van der Waals surface area contributed by atoms with Crippen molar-refractivity contribution in [1.29, 1.82) is 0 Å². The number of hydrogen-bond donors (Lipinski definition) is 1. The highest BCUT2D eigenvalue weighted by Crippen LogP contribution is 2.23. The van der Waals surface area contributed by atoms with E-state index >= 15 is 0 Å². The first-order valence-corrected chi connectivity index (χ1v) is 8.71. The first kappa shape index (κ1) is 18.2. The minimum Gasteiger partial charge on any atom is -0.355 e. The SMILES string of the molecule is CC(=O)c1ccc(SCC(=O)NCC(C)c2ccccc2)c(F)c1. The second-order valence-electron chi connectivity index (χ2n) is 5.61. The molecule has 0 saturated carbocycles. The van der Waals surface area contributed by atoms with Gasteiger partial charge >= 0.3 is 0 Å². The van der Waals surface area contributed by atoms with Gasteiger partial charge in [-0.3, -0.25) is 9.59 Å². The second-order valence-corrected chi connectivity index (χ2v) is 6.62. The summed E-state index contributed by atoms with van der Waals surface area (Å²) in [4.78, 5) is 23.5. The lowest BCUT2D eigenvalue weighted by atomic mass is 10.0. The molecule has 3 nitrogen and oxygen atoms in total. The van der Waals surface area contributed by atoms with E-state index < -0.39 is 5.82 Å². The van der Waals surface area contributed by atoms with Crippen LogP contribution >= 0.6 is 11.8 Å². The Morgan fingerprint density at radius 2 is 1.88 bits per heavy atom. The van der Waals surface area contributed by atoms with Crippen molar-refractivity contribution in [3.8, 4) is 0 Å². The summed E-state index contributed by atoms with van der Waals surface area (Å²) in [6.45, 7) is 3.97. The van der Waals surface area contributed by atoms with E-state index in [-0.39, 0.29) is 23.4 Å². The monoisotopic (exact) mass is 345 g/mol. The average molecular weight is 345 g/mol. The third-order valence-corrected chi connectivity index (χ3v) is 4.72. The number of benzene rings is 2. The smallest absolute Gasteiger partial charge is 0.230 e. The van der Waals surface area contributed by atoms with Gasteiger partial charge in [0.15, 0.2) is 5.78 Å². The zero-order valence-electron chi connectivity index (χ0n) is 13.7. The number of thioether (sulfide) groups is 1. The number of Topliss-reactive ketones (excluding diaryl/α,β-unsaturated/α-hetero) is 1. The number of amides is 1. The summed E-state index contributed by atoms with van der Waals surface area (Å²) in [7, 11) is 0. The van der Waals surface area contributed by atoms with E-state index in [1.165, 1.54) is 19.1 Å². The third kappa shape index (κ3) is 5.20. The van der Waals surface area contributed by atoms with E-state index in [4.69, 9.17) is 0 Å². The van der Waals surface area contributed by atoms with Crippen molar-refractivity contribution in [2.75, 3.05) is 12.3 Å². The maximum Gasteiger partial charge on any atom is 0.230 e. The molecule has 0 aliphatic carbocycles. The van der Waals surface area contributed by atoms with Crippen molar-refractivity contribution in [3.05, 3.63) is 65.5 Å². The third-order valence-electron chi connectivity index (χ3n) is 3.67. The largest absolute Gasteiger partial charge is 0.355 e. The molecule has 0 bridgehead atoms. The van der Waals surface area contributed by atoms with Crippen LogP contribution in [0.15, 0.2) is 53.4 Å². The normalized spacial score (nSPS) is 11.8. The standard InChI is InChI=1S/C19H20FNO2S/c1-13(15-6-4-3-5-7-15)11-21-19(23)12-24-18-9-8-16(14(2)22)10-17(18)20/h3-10,13H,11-12H2,1-2H3,(H,21,23). The molecule has 0 aromatic heterocycles. The van der Waals surface area contributed by atoms with Gasteiger partial charge in [-0.25, -0.2) is 4.39 Å². The van der Waals surface area contributed by atoms with Crippen molar-refractivity contribution in [2.45, 2.75) is 24.7 Å². The van der Waals surface area contributed by atoms with Crippen LogP contribution in [0.5, 0.6) is 0 Å². The molecule has 2 rings (SSSR count). The Balaban J connectivity index is 1.82. The van der Waals surface area contributed by atoms with Crippen LogP contribution in [-0.4, -0.2) is 24.0 Å². The van der Waals surface area contributed by atoms with Gasteiger partial charge < -0.3 is 5.32 Å². The van der Waals surface area contributed by atoms with Crippen LogP contribution in [0.3, 0.4) is 0 Å². The molecule has 0 heterocycles. The van der Waals surface area contributed by atoms with Gasteiger partial charge in [-0.1, -0.05) is 43.3 Å². The Labute approximate surface area is 145 Å². The van der Waals surface area contributed by atoms with Crippen molar-refractivity contribution in [3.63, 3.8) is 0 Å². The van der Waals surface area contributed by atoms with Crippen LogP contribution in [0.4, 0.5) is 4.39 Å². The van der Waals surface area contributed by atoms with Gasteiger partial charge in [0.1, 0.15) is 5.82 Å². The van der Waals surface area contributed by atoms with Crippen LogP contribution in [-0.2, 0) is 4.79 Å². The maximum absolute atomic E-state index is 13.9. The van der Waals surface area contributed by atoms with Gasteiger partial charge in [-0.05, 0) is 30.5 Å². The number of rotatable bonds is 7. The molecule has 1 N–H and O–H groups in total.